The van der Waals surface area contributed by atoms with Crippen LogP contribution < -0.4 is 4.74 Å². The van der Waals surface area contributed by atoms with Gasteiger partial charge in [0.1, 0.15) is 5.75 Å². The molecule has 0 fully saturated rings. The third-order valence-corrected chi connectivity index (χ3v) is 4.12. The SMILES string of the molecule is C=C(CCC)c1ccc(OC(C)CCCCCCCC)cc1. The van der Waals surface area contributed by atoms with Crippen LogP contribution in [0, 0.1) is 0 Å². The minimum absolute atomic E-state index is 0.302. The summed E-state index contributed by atoms with van der Waals surface area (Å²) in [6.45, 7) is 10.8. The van der Waals surface area contributed by atoms with E-state index < -0.39 is 0 Å². The fourth-order valence-electron chi connectivity index (χ4n) is 2.72. The molecule has 0 aliphatic rings. The third-order valence-electron chi connectivity index (χ3n) is 4.12. The monoisotopic (exact) mass is 302 g/mol. The molecule has 22 heavy (non-hydrogen) atoms. The average molecular weight is 303 g/mol. The van der Waals surface area contributed by atoms with Crippen molar-refractivity contribution in [3.63, 3.8) is 0 Å². The first-order chi connectivity index (χ1) is 10.7. The molecule has 1 aromatic rings. The van der Waals surface area contributed by atoms with Gasteiger partial charge in [0.05, 0.1) is 6.10 Å². The van der Waals surface area contributed by atoms with Crippen LogP contribution in [-0.4, -0.2) is 6.10 Å². The van der Waals surface area contributed by atoms with Crippen LogP contribution in [0.5, 0.6) is 5.75 Å². The van der Waals surface area contributed by atoms with Crippen molar-refractivity contribution in [3.05, 3.63) is 36.4 Å². The Balaban J connectivity index is 2.26. The molecule has 0 aliphatic carbocycles. The number of allylic oxidation sites excluding steroid dienone is 1. The van der Waals surface area contributed by atoms with E-state index >= 15 is 0 Å². The maximum atomic E-state index is 6.01. The van der Waals surface area contributed by atoms with Crippen LogP contribution in [0.25, 0.3) is 5.57 Å². The van der Waals surface area contributed by atoms with Crippen LogP contribution in [0.2, 0.25) is 0 Å². The molecule has 0 aliphatic heterocycles. The third kappa shape index (κ3) is 7.68. The molecule has 1 heteroatoms. The highest BCUT2D eigenvalue weighted by Gasteiger charge is 2.05. The van der Waals surface area contributed by atoms with E-state index in [0.717, 1.165) is 25.0 Å². The summed E-state index contributed by atoms with van der Waals surface area (Å²) in [6.07, 6.45) is 11.7. The Kier molecular flexibility index (Phi) is 9.70. The second-order valence-electron chi connectivity index (χ2n) is 6.36. The van der Waals surface area contributed by atoms with Gasteiger partial charge in [-0.25, -0.2) is 0 Å². The Morgan fingerprint density at radius 2 is 1.59 bits per heavy atom. The highest BCUT2D eigenvalue weighted by molar-refractivity contribution is 5.63. The van der Waals surface area contributed by atoms with Crippen LogP contribution in [0.4, 0.5) is 0 Å². The summed E-state index contributed by atoms with van der Waals surface area (Å²) in [4.78, 5) is 0. The summed E-state index contributed by atoms with van der Waals surface area (Å²) in [6, 6.07) is 8.41. The lowest BCUT2D eigenvalue weighted by atomic mass is 10.0. The lowest BCUT2D eigenvalue weighted by Crippen LogP contribution is -2.11. The van der Waals surface area contributed by atoms with E-state index in [1.54, 1.807) is 0 Å². The van der Waals surface area contributed by atoms with Gasteiger partial charge in [-0.3, -0.25) is 0 Å². The van der Waals surface area contributed by atoms with Crippen molar-refractivity contribution < 1.29 is 4.74 Å². The maximum Gasteiger partial charge on any atom is 0.119 e. The van der Waals surface area contributed by atoms with Crippen molar-refractivity contribution in [3.8, 4) is 5.75 Å². The fourth-order valence-corrected chi connectivity index (χ4v) is 2.72. The number of rotatable bonds is 12. The van der Waals surface area contributed by atoms with Crippen LogP contribution in [-0.2, 0) is 0 Å². The van der Waals surface area contributed by atoms with Gasteiger partial charge >= 0.3 is 0 Å². The zero-order valence-corrected chi connectivity index (χ0v) is 14.9. The largest absolute Gasteiger partial charge is 0.491 e. The van der Waals surface area contributed by atoms with E-state index in [0.29, 0.717) is 6.10 Å². The van der Waals surface area contributed by atoms with Crippen molar-refractivity contribution in [2.75, 3.05) is 0 Å². The second-order valence-corrected chi connectivity index (χ2v) is 6.36. The Bertz CT molecular complexity index is 404. The maximum absolute atomic E-state index is 6.01. The standard InChI is InChI=1S/C21H34O/c1-5-7-8-9-10-11-13-19(4)22-21-16-14-20(15-17-21)18(3)12-6-2/h14-17,19H,3,5-13H2,1-2,4H3. The average Bonchev–Trinajstić information content (AvgIpc) is 2.51. The van der Waals surface area contributed by atoms with Gasteiger partial charge in [-0.2, -0.15) is 0 Å². The molecule has 0 spiro atoms. The van der Waals surface area contributed by atoms with Gasteiger partial charge in [-0.15, -0.1) is 0 Å². The number of ether oxygens (including phenoxy) is 1. The zero-order valence-electron chi connectivity index (χ0n) is 14.9. The van der Waals surface area contributed by atoms with Crippen LogP contribution >= 0.6 is 0 Å². The first-order valence-electron chi connectivity index (χ1n) is 9.12. The summed E-state index contributed by atoms with van der Waals surface area (Å²) < 4.78 is 6.01. The van der Waals surface area contributed by atoms with Gasteiger partial charge in [0, 0.05) is 0 Å². The van der Waals surface area contributed by atoms with Gasteiger partial charge in [0.15, 0.2) is 0 Å². The summed E-state index contributed by atoms with van der Waals surface area (Å²) in [5.74, 6) is 0.978. The van der Waals surface area contributed by atoms with Gasteiger partial charge in [-0.05, 0) is 49.5 Å². The quantitative estimate of drug-likeness (QED) is 0.377. The van der Waals surface area contributed by atoms with E-state index in [-0.39, 0.29) is 0 Å². The van der Waals surface area contributed by atoms with Gasteiger partial charge < -0.3 is 4.74 Å². The predicted octanol–water partition coefficient (Wildman–Crippen LogP) is 7.02. The van der Waals surface area contributed by atoms with Crippen molar-refractivity contribution in [2.45, 2.75) is 84.7 Å². The molecule has 1 atom stereocenters. The molecular weight excluding hydrogens is 268 g/mol. The topological polar surface area (TPSA) is 9.23 Å². The smallest absolute Gasteiger partial charge is 0.119 e. The summed E-state index contributed by atoms with van der Waals surface area (Å²) in [5.41, 5.74) is 2.45. The van der Waals surface area contributed by atoms with E-state index in [9.17, 15) is 0 Å². The molecule has 0 amide bonds. The van der Waals surface area contributed by atoms with E-state index in [4.69, 9.17) is 4.74 Å². The Labute approximate surface area is 137 Å². The second kappa shape index (κ2) is 11.3. The van der Waals surface area contributed by atoms with Crippen molar-refractivity contribution in [2.24, 2.45) is 0 Å². The fraction of sp³-hybridized carbons (Fsp3) is 0.619. The molecule has 0 heterocycles. The lowest BCUT2D eigenvalue weighted by Gasteiger charge is -2.15. The summed E-state index contributed by atoms with van der Waals surface area (Å²) in [5, 5.41) is 0. The number of benzene rings is 1. The molecule has 0 aromatic heterocycles. The molecule has 124 valence electrons. The van der Waals surface area contributed by atoms with Gasteiger partial charge in [0.25, 0.3) is 0 Å². The Morgan fingerprint density at radius 3 is 2.23 bits per heavy atom. The minimum atomic E-state index is 0.302. The molecule has 0 radical (unpaired) electrons. The Morgan fingerprint density at radius 1 is 0.955 bits per heavy atom. The van der Waals surface area contributed by atoms with Gasteiger partial charge in [0.2, 0.25) is 0 Å². The zero-order chi connectivity index (χ0) is 16.2. The highest BCUT2D eigenvalue weighted by atomic mass is 16.5. The molecular formula is C21H34O. The Hall–Kier alpha value is -1.24. The first kappa shape index (κ1) is 18.8. The van der Waals surface area contributed by atoms with E-state index in [1.165, 1.54) is 49.7 Å². The molecule has 0 saturated carbocycles. The van der Waals surface area contributed by atoms with Crippen molar-refractivity contribution in [1.29, 1.82) is 0 Å². The van der Waals surface area contributed by atoms with Crippen LogP contribution in [0.1, 0.15) is 84.1 Å². The first-order valence-corrected chi connectivity index (χ1v) is 9.12. The van der Waals surface area contributed by atoms with Gasteiger partial charge in [-0.1, -0.05) is 71.1 Å². The van der Waals surface area contributed by atoms with Crippen LogP contribution in [0.3, 0.4) is 0 Å². The van der Waals surface area contributed by atoms with Crippen molar-refractivity contribution >= 4 is 5.57 Å². The number of unbranched alkanes of at least 4 members (excludes halogenated alkanes) is 5. The molecule has 0 bridgehead atoms. The highest BCUT2D eigenvalue weighted by Crippen LogP contribution is 2.22. The molecule has 1 unspecified atom stereocenters. The summed E-state index contributed by atoms with van der Waals surface area (Å²) in [7, 11) is 0. The summed E-state index contributed by atoms with van der Waals surface area (Å²) >= 11 is 0. The van der Waals surface area contributed by atoms with E-state index in [1.807, 2.05) is 0 Å². The van der Waals surface area contributed by atoms with Crippen LogP contribution in [0.15, 0.2) is 30.8 Å². The molecule has 1 nitrogen and oxygen atoms in total. The lowest BCUT2D eigenvalue weighted by molar-refractivity contribution is 0.206. The normalized spacial score (nSPS) is 12.1. The molecule has 1 aromatic carbocycles. The molecule has 0 saturated heterocycles. The molecule has 1 rings (SSSR count). The number of hydrogen-bond acceptors (Lipinski definition) is 1. The number of hydrogen-bond donors (Lipinski definition) is 0. The molecule has 0 N–H and O–H groups in total. The van der Waals surface area contributed by atoms with E-state index in [2.05, 4.69) is 51.6 Å². The van der Waals surface area contributed by atoms with Crippen molar-refractivity contribution in [1.82, 2.24) is 0 Å². The minimum Gasteiger partial charge on any atom is -0.491 e. The predicted molar refractivity (Wildman–Crippen MR) is 98.5 cm³/mol.